The first kappa shape index (κ1) is 15.2. The van der Waals surface area contributed by atoms with E-state index < -0.39 is 5.41 Å². The first-order chi connectivity index (χ1) is 9.29. The van der Waals surface area contributed by atoms with Crippen molar-refractivity contribution in [3.63, 3.8) is 0 Å². The average Bonchev–Trinajstić information content (AvgIpc) is 2.37. The highest BCUT2D eigenvalue weighted by Crippen LogP contribution is 2.26. The highest BCUT2D eigenvalue weighted by atomic mass is 79.9. The van der Waals surface area contributed by atoms with E-state index in [-0.39, 0.29) is 11.7 Å². The number of rotatable bonds is 2. The molecule has 0 aromatic heterocycles. The second kappa shape index (κ2) is 5.68. The molecule has 0 radical (unpaired) electrons. The smallest absolute Gasteiger partial charge is 0.227 e. The summed E-state index contributed by atoms with van der Waals surface area (Å²) in [6.07, 6.45) is 0.867. The molecule has 1 saturated heterocycles. The molecule has 2 rings (SSSR count). The Labute approximate surface area is 128 Å². The lowest BCUT2D eigenvalue weighted by molar-refractivity contribution is -0.140. The van der Waals surface area contributed by atoms with Crippen LogP contribution in [0.15, 0.2) is 22.7 Å². The number of likely N-dealkylation sites (tertiary alicyclic amines) is 1. The van der Waals surface area contributed by atoms with Crippen molar-refractivity contribution in [3.8, 4) is 0 Å². The summed E-state index contributed by atoms with van der Waals surface area (Å²) in [6, 6.07) is 5.98. The summed E-state index contributed by atoms with van der Waals surface area (Å²) >= 11 is 3.44. The highest BCUT2D eigenvalue weighted by molar-refractivity contribution is 9.10. The van der Waals surface area contributed by atoms with E-state index in [2.05, 4.69) is 15.9 Å². The van der Waals surface area contributed by atoms with Gasteiger partial charge in [0.1, 0.15) is 5.78 Å². The predicted molar refractivity (Wildman–Crippen MR) is 82.6 cm³/mol. The lowest BCUT2D eigenvalue weighted by Gasteiger charge is -2.36. The van der Waals surface area contributed by atoms with Gasteiger partial charge in [-0.25, -0.2) is 0 Å². The Hall–Kier alpha value is -1.16. The number of carbonyl (C=O) groups excluding carboxylic acids is 2. The number of hydrogen-bond donors (Lipinski definition) is 0. The van der Waals surface area contributed by atoms with Crippen LogP contribution in [0, 0.1) is 12.3 Å². The van der Waals surface area contributed by atoms with Crippen LogP contribution in [0.4, 0.5) is 0 Å². The van der Waals surface area contributed by atoms with Crippen molar-refractivity contribution in [1.29, 1.82) is 0 Å². The van der Waals surface area contributed by atoms with E-state index in [0.717, 1.165) is 15.6 Å². The standard InChI is InChI=1S/C16H20BrNO2/c1-11-4-5-13(17)8-12(11)9-15(20)18-7-6-14(19)16(2,3)10-18/h4-5,8H,6-7,9-10H2,1-3H3. The maximum Gasteiger partial charge on any atom is 0.227 e. The molecule has 0 atom stereocenters. The number of hydrogen-bond acceptors (Lipinski definition) is 2. The number of ketones is 1. The van der Waals surface area contributed by atoms with Crippen LogP contribution in [0.1, 0.15) is 31.4 Å². The Morgan fingerprint density at radius 2 is 2.10 bits per heavy atom. The monoisotopic (exact) mass is 337 g/mol. The van der Waals surface area contributed by atoms with Gasteiger partial charge in [0.2, 0.25) is 5.91 Å². The second-order valence-electron chi connectivity index (χ2n) is 6.12. The summed E-state index contributed by atoms with van der Waals surface area (Å²) in [5, 5.41) is 0. The Balaban J connectivity index is 2.09. The number of amides is 1. The quantitative estimate of drug-likeness (QED) is 0.831. The van der Waals surface area contributed by atoms with Crippen molar-refractivity contribution in [2.75, 3.05) is 13.1 Å². The van der Waals surface area contributed by atoms with Crippen molar-refractivity contribution in [2.45, 2.75) is 33.6 Å². The first-order valence-electron chi connectivity index (χ1n) is 6.86. The van der Waals surface area contributed by atoms with Gasteiger partial charge in [-0.15, -0.1) is 0 Å². The van der Waals surface area contributed by atoms with E-state index in [1.54, 1.807) is 0 Å². The third kappa shape index (κ3) is 3.29. The van der Waals surface area contributed by atoms with Crippen LogP contribution in [-0.4, -0.2) is 29.7 Å². The third-order valence-electron chi connectivity index (χ3n) is 3.96. The van der Waals surface area contributed by atoms with Gasteiger partial charge in [0.15, 0.2) is 0 Å². The molecule has 3 nitrogen and oxygen atoms in total. The lowest BCUT2D eigenvalue weighted by Crippen LogP contribution is -2.49. The van der Waals surface area contributed by atoms with Crippen LogP contribution in [-0.2, 0) is 16.0 Å². The van der Waals surface area contributed by atoms with Gasteiger partial charge in [-0.05, 0) is 30.2 Å². The van der Waals surface area contributed by atoms with E-state index in [4.69, 9.17) is 0 Å². The molecular formula is C16H20BrNO2. The van der Waals surface area contributed by atoms with E-state index in [1.165, 1.54) is 0 Å². The molecule has 1 aromatic carbocycles. The summed E-state index contributed by atoms with van der Waals surface area (Å²) < 4.78 is 0.986. The van der Waals surface area contributed by atoms with Crippen molar-refractivity contribution in [1.82, 2.24) is 4.90 Å². The summed E-state index contributed by atoms with van der Waals surface area (Å²) in [4.78, 5) is 26.0. The van der Waals surface area contributed by atoms with Crippen molar-refractivity contribution < 1.29 is 9.59 Å². The molecule has 0 saturated carbocycles. The SMILES string of the molecule is Cc1ccc(Br)cc1CC(=O)N1CCC(=O)C(C)(C)C1. The predicted octanol–water partition coefficient (Wildman–Crippen LogP) is 3.13. The molecule has 0 aliphatic carbocycles. The summed E-state index contributed by atoms with van der Waals surface area (Å²) in [6.45, 7) is 6.92. The Morgan fingerprint density at radius 1 is 1.40 bits per heavy atom. The number of benzene rings is 1. The van der Waals surface area contributed by atoms with Gasteiger partial charge in [0.05, 0.1) is 6.42 Å². The molecule has 108 valence electrons. The molecule has 0 unspecified atom stereocenters. The largest absolute Gasteiger partial charge is 0.341 e. The molecule has 1 fully saturated rings. The number of aryl methyl sites for hydroxylation is 1. The summed E-state index contributed by atoms with van der Waals surface area (Å²) in [7, 11) is 0. The number of carbonyl (C=O) groups is 2. The molecule has 0 spiro atoms. The van der Waals surface area contributed by atoms with Gasteiger partial charge < -0.3 is 4.90 Å². The van der Waals surface area contributed by atoms with Crippen LogP contribution >= 0.6 is 15.9 Å². The van der Waals surface area contributed by atoms with Crippen LogP contribution < -0.4 is 0 Å². The van der Waals surface area contributed by atoms with Crippen molar-refractivity contribution in [2.24, 2.45) is 5.41 Å². The Morgan fingerprint density at radius 3 is 2.75 bits per heavy atom. The topological polar surface area (TPSA) is 37.4 Å². The first-order valence-corrected chi connectivity index (χ1v) is 7.65. The van der Waals surface area contributed by atoms with Crippen LogP contribution in [0.25, 0.3) is 0 Å². The number of piperidine rings is 1. The molecule has 1 aliphatic rings. The minimum atomic E-state index is -0.416. The normalized spacial score (nSPS) is 18.2. The van der Waals surface area contributed by atoms with Gasteiger partial charge in [-0.1, -0.05) is 35.8 Å². The lowest BCUT2D eigenvalue weighted by atomic mass is 9.82. The van der Waals surface area contributed by atoms with Gasteiger partial charge in [-0.3, -0.25) is 9.59 Å². The number of halogens is 1. The van der Waals surface area contributed by atoms with Crippen molar-refractivity contribution >= 4 is 27.6 Å². The van der Waals surface area contributed by atoms with Crippen molar-refractivity contribution in [3.05, 3.63) is 33.8 Å². The molecule has 20 heavy (non-hydrogen) atoms. The second-order valence-corrected chi connectivity index (χ2v) is 7.04. The fourth-order valence-electron chi connectivity index (χ4n) is 2.54. The maximum absolute atomic E-state index is 12.4. The van der Waals surface area contributed by atoms with Gasteiger partial charge >= 0.3 is 0 Å². The molecule has 1 aliphatic heterocycles. The zero-order valence-electron chi connectivity index (χ0n) is 12.2. The molecular weight excluding hydrogens is 318 g/mol. The molecule has 4 heteroatoms. The Kier molecular flexibility index (Phi) is 4.33. The minimum Gasteiger partial charge on any atom is -0.341 e. The minimum absolute atomic E-state index is 0.103. The van der Waals surface area contributed by atoms with E-state index in [1.807, 2.05) is 43.9 Å². The fraction of sp³-hybridized carbons (Fsp3) is 0.500. The average molecular weight is 338 g/mol. The third-order valence-corrected chi connectivity index (χ3v) is 4.45. The molecule has 1 heterocycles. The van der Waals surface area contributed by atoms with E-state index >= 15 is 0 Å². The van der Waals surface area contributed by atoms with Crippen LogP contribution in [0.2, 0.25) is 0 Å². The van der Waals surface area contributed by atoms with Gasteiger partial charge in [0, 0.05) is 29.4 Å². The molecule has 1 amide bonds. The summed E-state index contributed by atoms with van der Waals surface area (Å²) in [5.41, 5.74) is 1.74. The molecule has 0 N–H and O–H groups in total. The maximum atomic E-state index is 12.4. The zero-order chi connectivity index (χ0) is 14.9. The van der Waals surface area contributed by atoms with E-state index in [9.17, 15) is 9.59 Å². The van der Waals surface area contributed by atoms with Crippen LogP contribution in [0.3, 0.4) is 0 Å². The fourth-order valence-corrected chi connectivity index (χ4v) is 2.95. The number of nitrogens with zero attached hydrogens (tertiary/aromatic N) is 1. The highest BCUT2D eigenvalue weighted by Gasteiger charge is 2.35. The Bertz CT molecular complexity index is 551. The molecule has 0 bridgehead atoms. The zero-order valence-corrected chi connectivity index (χ0v) is 13.8. The molecule has 1 aromatic rings. The van der Waals surface area contributed by atoms with Crippen LogP contribution in [0.5, 0.6) is 0 Å². The summed E-state index contributed by atoms with van der Waals surface area (Å²) in [5.74, 6) is 0.354. The van der Waals surface area contributed by atoms with Gasteiger partial charge in [-0.2, -0.15) is 0 Å². The number of Topliss-reactive ketones (excluding diaryl/α,β-unsaturated/α-hetero) is 1. The van der Waals surface area contributed by atoms with E-state index in [0.29, 0.717) is 25.9 Å². The van der Waals surface area contributed by atoms with Gasteiger partial charge in [0.25, 0.3) is 0 Å².